The van der Waals surface area contributed by atoms with Gasteiger partial charge in [0.05, 0.1) is 6.61 Å². The molecule has 13 heteroatoms. The van der Waals surface area contributed by atoms with Gasteiger partial charge in [0.15, 0.2) is 12.4 Å². The van der Waals surface area contributed by atoms with Crippen molar-refractivity contribution in [1.82, 2.24) is 0 Å². The van der Waals surface area contributed by atoms with Crippen LogP contribution in [0, 0.1) is 0 Å². The van der Waals surface area contributed by atoms with Crippen molar-refractivity contribution in [3.05, 3.63) is 36.5 Å². The Hall–Kier alpha value is -2.13. The molecule has 1 fully saturated rings. The van der Waals surface area contributed by atoms with Gasteiger partial charge in [-0.3, -0.25) is 14.1 Å². The second-order valence-corrected chi connectivity index (χ2v) is 18.6. The van der Waals surface area contributed by atoms with Crippen LogP contribution in [0.4, 0.5) is 0 Å². The van der Waals surface area contributed by atoms with Gasteiger partial charge >= 0.3 is 11.9 Å². The summed E-state index contributed by atoms with van der Waals surface area (Å²) >= 11 is 0. The molecular weight excluding hydrogens is 813 g/mol. The molecule has 0 aromatic rings. The van der Waals surface area contributed by atoms with E-state index >= 15 is 0 Å². The van der Waals surface area contributed by atoms with Crippen molar-refractivity contribution in [2.75, 3.05) is 19.0 Å². The second-order valence-electron chi connectivity index (χ2n) is 17.2. The fraction of sp³-hybridized carbons (Fsp3) is 0.837. The topological polar surface area (TPSA) is 186 Å². The zero-order valence-electron chi connectivity index (χ0n) is 38.7. The van der Waals surface area contributed by atoms with E-state index in [0.29, 0.717) is 12.8 Å². The van der Waals surface area contributed by atoms with Crippen LogP contribution < -0.4 is 0 Å². The second kappa shape index (κ2) is 39.3. The van der Waals surface area contributed by atoms with E-state index in [0.717, 1.165) is 57.8 Å². The molecule has 362 valence electrons. The molecule has 0 saturated carbocycles. The average molecular weight is 901 g/mol. The molecule has 1 aliphatic rings. The molecule has 2 unspecified atom stereocenters. The zero-order chi connectivity index (χ0) is 45.5. The third-order valence-corrected chi connectivity index (χ3v) is 12.0. The number of rotatable bonds is 41. The number of carbonyl (C=O) groups excluding carboxylic acids is 2. The zero-order valence-corrected chi connectivity index (χ0v) is 39.5. The Morgan fingerprint density at radius 3 is 1.45 bits per heavy atom. The van der Waals surface area contributed by atoms with Crippen molar-refractivity contribution >= 4 is 22.1 Å². The van der Waals surface area contributed by atoms with Crippen LogP contribution in [0.2, 0.25) is 0 Å². The van der Waals surface area contributed by atoms with Gasteiger partial charge < -0.3 is 34.3 Å². The van der Waals surface area contributed by atoms with Crippen molar-refractivity contribution in [2.45, 2.75) is 243 Å². The number of esters is 2. The maximum Gasteiger partial charge on any atom is 0.306 e. The Morgan fingerprint density at radius 2 is 0.968 bits per heavy atom. The van der Waals surface area contributed by atoms with Crippen LogP contribution in [0.15, 0.2) is 36.5 Å². The number of ether oxygens (including phenoxy) is 4. The summed E-state index contributed by atoms with van der Waals surface area (Å²) in [5.41, 5.74) is 0. The summed E-state index contributed by atoms with van der Waals surface area (Å²) in [5.74, 6) is -2.00. The van der Waals surface area contributed by atoms with Crippen molar-refractivity contribution in [3.8, 4) is 0 Å². The first kappa shape index (κ1) is 57.9. The summed E-state index contributed by atoms with van der Waals surface area (Å²) in [6, 6.07) is 0. The Balaban J connectivity index is 2.41. The standard InChI is InChI=1S/C49H88O12S/c1-3-5-7-9-11-13-15-17-19-20-21-22-24-26-28-30-32-34-36-38-45(51)60-42(40-59-49-48(54)47(53)46(52)43(61-49)41-62(55,56)57)39-58-44(50)37-35-33-31-29-27-25-23-18-16-14-12-10-8-6-4-2/h14,16-19,23,42-43,46-49,52-54H,3-13,15,20-22,24-41H2,1-2H3,(H,55,56,57)/b16-14+,19-17+,23-18+/t42-,43-,46-,47?,48?,49+/m1/s1. The van der Waals surface area contributed by atoms with Gasteiger partial charge in [0.25, 0.3) is 10.1 Å². The van der Waals surface area contributed by atoms with E-state index in [1.54, 1.807) is 0 Å². The molecule has 0 spiro atoms. The van der Waals surface area contributed by atoms with Gasteiger partial charge in [0.2, 0.25) is 0 Å². The molecule has 4 N–H and O–H groups in total. The van der Waals surface area contributed by atoms with E-state index < -0.39 is 71.2 Å². The molecule has 1 aliphatic heterocycles. The van der Waals surface area contributed by atoms with Gasteiger partial charge in [0.1, 0.15) is 36.8 Å². The first-order valence-electron chi connectivity index (χ1n) is 24.6. The Morgan fingerprint density at radius 1 is 0.548 bits per heavy atom. The Kier molecular flexibility index (Phi) is 36.6. The molecule has 1 heterocycles. The molecule has 62 heavy (non-hydrogen) atoms. The smallest absolute Gasteiger partial charge is 0.306 e. The van der Waals surface area contributed by atoms with Crippen molar-refractivity contribution < 1.29 is 56.8 Å². The lowest BCUT2D eigenvalue weighted by Crippen LogP contribution is -2.60. The quantitative estimate of drug-likeness (QED) is 0.0150. The summed E-state index contributed by atoms with van der Waals surface area (Å²) in [5, 5.41) is 30.9. The largest absolute Gasteiger partial charge is 0.462 e. The van der Waals surface area contributed by atoms with Crippen molar-refractivity contribution in [2.24, 2.45) is 0 Å². The summed E-state index contributed by atoms with van der Waals surface area (Å²) in [6.45, 7) is 3.74. The van der Waals surface area contributed by atoms with Crippen LogP contribution in [0.3, 0.4) is 0 Å². The monoisotopic (exact) mass is 901 g/mol. The molecule has 6 atom stereocenters. The van der Waals surface area contributed by atoms with Crippen LogP contribution in [0.5, 0.6) is 0 Å². The van der Waals surface area contributed by atoms with Gasteiger partial charge in [-0.1, -0.05) is 166 Å². The third kappa shape index (κ3) is 33.4. The number of hydrogen-bond donors (Lipinski definition) is 4. The Bertz CT molecular complexity index is 1290. The molecule has 0 aromatic carbocycles. The summed E-state index contributed by atoms with van der Waals surface area (Å²) in [4.78, 5) is 25.5. The van der Waals surface area contributed by atoms with Crippen LogP contribution in [-0.4, -0.2) is 96.0 Å². The van der Waals surface area contributed by atoms with Crippen LogP contribution in [-0.2, 0) is 38.7 Å². The highest BCUT2D eigenvalue weighted by Crippen LogP contribution is 2.24. The molecule has 0 aromatic heterocycles. The first-order valence-corrected chi connectivity index (χ1v) is 26.2. The SMILES string of the molecule is CCCCCC/C=C/C=C/CCCCCCCC(=O)OC[C@H](CO[C@H]1O[C@H](CS(=O)(=O)O)[C@@H](O)C(O)C1O)OC(=O)CCCCCCCCCCC/C=C/CCCCCCCC. The molecule has 0 aliphatic carbocycles. The van der Waals surface area contributed by atoms with Gasteiger partial charge in [-0.25, -0.2) is 0 Å². The maximum absolute atomic E-state index is 12.8. The van der Waals surface area contributed by atoms with E-state index in [-0.39, 0.29) is 19.4 Å². The number of allylic oxidation sites excluding steroid dienone is 6. The lowest BCUT2D eigenvalue weighted by atomic mass is 10.00. The van der Waals surface area contributed by atoms with Crippen molar-refractivity contribution in [1.29, 1.82) is 0 Å². The fourth-order valence-electron chi connectivity index (χ4n) is 7.37. The minimum Gasteiger partial charge on any atom is -0.462 e. The highest BCUT2D eigenvalue weighted by molar-refractivity contribution is 7.85. The number of carbonyl (C=O) groups is 2. The van der Waals surface area contributed by atoms with E-state index in [1.165, 1.54) is 109 Å². The fourth-order valence-corrected chi connectivity index (χ4v) is 8.06. The summed E-state index contributed by atoms with van der Waals surface area (Å²) < 4.78 is 54.1. The average Bonchev–Trinajstić information content (AvgIpc) is 3.24. The van der Waals surface area contributed by atoms with Crippen molar-refractivity contribution in [3.63, 3.8) is 0 Å². The van der Waals surface area contributed by atoms with Gasteiger partial charge in [0, 0.05) is 12.8 Å². The highest BCUT2D eigenvalue weighted by Gasteiger charge is 2.46. The molecule has 1 saturated heterocycles. The first-order chi connectivity index (χ1) is 30.0. The third-order valence-electron chi connectivity index (χ3n) is 11.2. The van der Waals surface area contributed by atoms with E-state index in [1.807, 2.05) is 0 Å². The van der Waals surface area contributed by atoms with Crippen LogP contribution in [0.25, 0.3) is 0 Å². The predicted octanol–water partition coefficient (Wildman–Crippen LogP) is 10.6. The van der Waals surface area contributed by atoms with Gasteiger partial charge in [-0.2, -0.15) is 8.42 Å². The van der Waals surface area contributed by atoms with Gasteiger partial charge in [-0.05, 0) is 64.2 Å². The predicted molar refractivity (Wildman–Crippen MR) is 247 cm³/mol. The molecule has 0 amide bonds. The minimum absolute atomic E-state index is 0.159. The summed E-state index contributed by atoms with van der Waals surface area (Å²) in [7, 11) is -4.61. The normalized spacial score (nSPS) is 20.1. The molecule has 1 rings (SSSR count). The molecular formula is C49H88O12S. The number of aliphatic hydroxyl groups excluding tert-OH is 3. The lowest BCUT2D eigenvalue weighted by molar-refractivity contribution is -0.297. The van der Waals surface area contributed by atoms with Crippen LogP contribution in [0.1, 0.15) is 206 Å². The van der Waals surface area contributed by atoms with E-state index in [4.69, 9.17) is 18.9 Å². The van der Waals surface area contributed by atoms with Gasteiger partial charge in [-0.15, -0.1) is 0 Å². The minimum atomic E-state index is -4.61. The summed E-state index contributed by atoms with van der Waals surface area (Å²) in [6.07, 6.45) is 36.1. The molecule has 0 radical (unpaired) electrons. The maximum atomic E-state index is 12.8. The van der Waals surface area contributed by atoms with E-state index in [9.17, 15) is 37.9 Å². The molecule has 12 nitrogen and oxygen atoms in total. The molecule has 0 bridgehead atoms. The van der Waals surface area contributed by atoms with E-state index in [2.05, 4.69) is 50.3 Å². The highest BCUT2D eigenvalue weighted by atomic mass is 32.2. The number of hydrogen-bond acceptors (Lipinski definition) is 11. The number of unbranched alkanes of at least 4 members (excludes halogenated alkanes) is 24. The van der Waals surface area contributed by atoms with Crippen LogP contribution >= 0.6 is 0 Å². The lowest BCUT2D eigenvalue weighted by Gasteiger charge is -2.40. The number of aliphatic hydroxyl groups is 3. The Labute approximate surface area is 376 Å².